The van der Waals surface area contributed by atoms with Crippen molar-refractivity contribution in [3.63, 3.8) is 0 Å². The number of rotatable bonds is 3. The number of allylic oxidation sites excluding steroid dienone is 1. The average molecular weight is 128 g/mol. The third-order valence-electron chi connectivity index (χ3n) is 0.925. The Morgan fingerprint density at radius 3 is 2.33 bits per heavy atom. The molecule has 9 heavy (non-hydrogen) atoms. The number of carboxylic acid groups (broad SMARTS) is 1. The van der Waals surface area contributed by atoms with E-state index in [1.807, 2.05) is 0 Å². The van der Waals surface area contributed by atoms with Gasteiger partial charge in [-0.3, -0.25) is 4.79 Å². The minimum Gasteiger partial charge on any atom is -0.478 e. The summed E-state index contributed by atoms with van der Waals surface area (Å²) in [6.07, 6.45) is 1.92. The monoisotopic (exact) mass is 128 g/mol. The van der Waals surface area contributed by atoms with Crippen molar-refractivity contribution in [2.75, 3.05) is 0 Å². The van der Waals surface area contributed by atoms with E-state index < -0.39 is 5.97 Å². The first kappa shape index (κ1) is 7.88. The molecule has 0 saturated carbocycles. The third-order valence-corrected chi connectivity index (χ3v) is 0.925. The molecule has 50 valence electrons. The van der Waals surface area contributed by atoms with Gasteiger partial charge in [0.2, 0.25) is 0 Å². The molecule has 0 aliphatic rings. The topological polar surface area (TPSA) is 54.4 Å². The van der Waals surface area contributed by atoms with E-state index in [1.54, 1.807) is 6.92 Å². The summed E-state index contributed by atoms with van der Waals surface area (Å²) in [5, 5.41) is 8.28. The van der Waals surface area contributed by atoms with Crippen molar-refractivity contribution in [3.05, 3.63) is 11.6 Å². The van der Waals surface area contributed by atoms with Crippen LogP contribution in [0.15, 0.2) is 11.6 Å². The average Bonchev–Trinajstić information content (AvgIpc) is 1.82. The summed E-state index contributed by atoms with van der Waals surface area (Å²) in [4.78, 5) is 19.8. The molecule has 0 spiro atoms. The summed E-state index contributed by atoms with van der Waals surface area (Å²) in [7, 11) is 0. The number of hydrogen-bond donors (Lipinski definition) is 1. The van der Waals surface area contributed by atoms with Crippen LogP contribution in [0.3, 0.4) is 0 Å². The zero-order valence-corrected chi connectivity index (χ0v) is 5.13. The number of hydrogen-bond acceptors (Lipinski definition) is 2. The van der Waals surface area contributed by atoms with Crippen LogP contribution in [-0.2, 0) is 9.59 Å². The van der Waals surface area contributed by atoms with Crippen LogP contribution in [0.25, 0.3) is 0 Å². The molecule has 0 radical (unpaired) electrons. The molecule has 0 aromatic rings. The Bertz CT molecular complexity index is 146. The summed E-state index contributed by atoms with van der Waals surface area (Å²) < 4.78 is 0. The van der Waals surface area contributed by atoms with Gasteiger partial charge in [-0.25, -0.2) is 4.79 Å². The molecule has 0 aromatic carbocycles. The molecular weight excluding hydrogens is 120 g/mol. The maximum Gasteiger partial charge on any atom is 0.331 e. The number of carbonyl (C=O) groups is 2. The van der Waals surface area contributed by atoms with E-state index in [0.717, 1.165) is 6.08 Å². The molecule has 0 rings (SSSR count). The fraction of sp³-hybridized carbons (Fsp3) is 0.333. The first-order valence-corrected chi connectivity index (χ1v) is 2.60. The Morgan fingerprint density at radius 1 is 1.67 bits per heavy atom. The summed E-state index contributed by atoms with van der Waals surface area (Å²) in [5.74, 6) is -1.02. The molecule has 0 amide bonds. The second kappa shape index (κ2) is 3.83. The van der Waals surface area contributed by atoms with Gasteiger partial charge in [-0.15, -0.1) is 0 Å². The molecule has 1 N–H and O–H groups in total. The maximum atomic E-state index is 10.1. The lowest BCUT2D eigenvalue weighted by atomic mass is 10.2. The molecule has 3 heteroatoms. The molecule has 0 atom stereocenters. The van der Waals surface area contributed by atoms with Gasteiger partial charge in [0.1, 0.15) is 6.29 Å². The lowest BCUT2D eigenvalue weighted by Crippen LogP contribution is -1.98. The number of aldehydes is 1. The van der Waals surface area contributed by atoms with Crippen molar-refractivity contribution in [1.82, 2.24) is 0 Å². The molecular formula is C6H8O3. The Kier molecular flexibility index (Phi) is 3.35. The highest BCUT2D eigenvalue weighted by molar-refractivity contribution is 5.90. The number of aliphatic carboxylic acids is 1. The Morgan fingerprint density at radius 2 is 2.22 bits per heavy atom. The van der Waals surface area contributed by atoms with Gasteiger partial charge in [0.05, 0.1) is 0 Å². The van der Waals surface area contributed by atoms with Crippen LogP contribution in [0, 0.1) is 0 Å². The van der Waals surface area contributed by atoms with Crippen molar-refractivity contribution < 1.29 is 14.7 Å². The predicted octanol–water partition coefficient (Wildman–Crippen LogP) is 0.606. The Hall–Kier alpha value is -1.12. The highest BCUT2D eigenvalue weighted by atomic mass is 16.4. The standard InChI is InChI=1S/C6H8O3/c1-2-5(3-4-7)6(8)9/h3-4H,2H2,1H3,(H,8,9). The minimum absolute atomic E-state index is 0.144. The summed E-state index contributed by atoms with van der Waals surface area (Å²) in [5.41, 5.74) is 0.144. The molecule has 3 nitrogen and oxygen atoms in total. The largest absolute Gasteiger partial charge is 0.478 e. The summed E-state index contributed by atoms with van der Waals surface area (Å²) >= 11 is 0. The zero-order chi connectivity index (χ0) is 7.28. The minimum atomic E-state index is -1.02. The van der Waals surface area contributed by atoms with Crippen LogP contribution in [0.5, 0.6) is 0 Å². The molecule has 0 aromatic heterocycles. The molecule has 0 heterocycles. The quantitative estimate of drug-likeness (QED) is 0.447. The van der Waals surface area contributed by atoms with Gasteiger partial charge in [-0.05, 0) is 12.5 Å². The van der Waals surface area contributed by atoms with E-state index in [0.29, 0.717) is 12.7 Å². The van der Waals surface area contributed by atoms with Gasteiger partial charge in [0.15, 0.2) is 0 Å². The van der Waals surface area contributed by atoms with Crippen molar-refractivity contribution in [2.45, 2.75) is 13.3 Å². The Balaban J connectivity index is 4.14. The smallest absolute Gasteiger partial charge is 0.331 e. The van der Waals surface area contributed by atoms with E-state index in [1.165, 1.54) is 0 Å². The zero-order valence-electron chi connectivity index (χ0n) is 5.13. The number of carboxylic acids is 1. The fourth-order valence-electron chi connectivity index (χ4n) is 0.422. The van der Waals surface area contributed by atoms with Crippen molar-refractivity contribution in [3.8, 4) is 0 Å². The molecule has 0 saturated heterocycles. The van der Waals surface area contributed by atoms with Crippen molar-refractivity contribution >= 4 is 12.3 Å². The van der Waals surface area contributed by atoms with Gasteiger partial charge in [-0.1, -0.05) is 6.92 Å². The van der Waals surface area contributed by atoms with Crippen LogP contribution < -0.4 is 0 Å². The first-order valence-electron chi connectivity index (χ1n) is 2.60. The first-order chi connectivity index (χ1) is 4.22. The molecule has 0 bridgehead atoms. The fourth-order valence-corrected chi connectivity index (χ4v) is 0.422. The second-order valence-electron chi connectivity index (χ2n) is 1.49. The molecule has 0 unspecified atom stereocenters. The maximum absolute atomic E-state index is 10.1. The number of carbonyl (C=O) groups excluding carboxylic acids is 1. The van der Waals surface area contributed by atoms with Gasteiger partial charge in [-0.2, -0.15) is 0 Å². The second-order valence-corrected chi connectivity index (χ2v) is 1.49. The van der Waals surface area contributed by atoms with Crippen LogP contribution in [0.1, 0.15) is 13.3 Å². The van der Waals surface area contributed by atoms with Gasteiger partial charge >= 0.3 is 5.97 Å². The van der Waals surface area contributed by atoms with E-state index in [4.69, 9.17) is 5.11 Å². The molecule has 0 aliphatic carbocycles. The van der Waals surface area contributed by atoms with Gasteiger partial charge in [0, 0.05) is 5.57 Å². The lowest BCUT2D eigenvalue weighted by Gasteiger charge is -1.90. The summed E-state index contributed by atoms with van der Waals surface area (Å²) in [6.45, 7) is 1.68. The predicted molar refractivity (Wildman–Crippen MR) is 32.1 cm³/mol. The van der Waals surface area contributed by atoms with Gasteiger partial charge in [0.25, 0.3) is 0 Å². The van der Waals surface area contributed by atoms with Crippen LogP contribution in [0.4, 0.5) is 0 Å². The SMILES string of the molecule is CCC(=CC=O)C(=O)O. The van der Waals surface area contributed by atoms with Crippen LogP contribution in [0.2, 0.25) is 0 Å². The van der Waals surface area contributed by atoms with Crippen molar-refractivity contribution in [2.24, 2.45) is 0 Å². The molecule has 0 fully saturated rings. The molecule has 0 aliphatic heterocycles. The van der Waals surface area contributed by atoms with Crippen molar-refractivity contribution in [1.29, 1.82) is 0 Å². The van der Waals surface area contributed by atoms with Crippen LogP contribution >= 0.6 is 0 Å². The van der Waals surface area contributed by atoms with E-state index in [-0.39, 0.29) is 5.57 Å². The van der Waals surface area contributed by atoms with Crippen LogP contribution in [-0.4, -0.2) is 17.4 Å². The summed E-state index contributed by atoms with van der Waals surface area (Å²) in [6, 6.07) is 0. The van der Waals surface area contributed by atoms with E-state index in [9.17, 15) is 9.59 Å². The van der Waals surface area contributed by atoms with Gasteiger partial charge < -0.3 is 5.11 Å². The van der Waals surface area contributed by atoms with E-state index >= 15 is 0 Å². The normalized spacial score (nSPS) is 11.0. The Labute approximate surface area is 53.0 Å². The highest BCUT2D eigenvalue weighted by Crippen LogP contribution is 1.97. The van der Waals surface area contributed by atoms with E-state index in [2.05, 4.69) is 0 Å². The lowest BCUT2D eigenvalue weighted by molar-refractivity contribution is -0.132. The highest BCUT2D eigenvalue weighted by Gasteiger charge is 2.01. The third kappa shape index (κ3) is 2.64.